The molecule has 0 amide bonds. The van der Waals surface area contributed by atoms with Crippen molar-refractivity contribution in [1.29, 1.82) is 0 Å². The predicted octanol–water partition coefficient (Wildman–Crippen LogP) is 5.11. The van der Waals surface area contributed by atoms with Crippen LogP contribution < -0.4 is 0 Å². The van der Waals surface area contributed by atoms with Gasteiger partial charge < -0.3 is 0 Å². The van der Waals surface area contributed by atoms with Crippen LogP contribution in [0.15, 0.2) is 56.7 Å². The second-order valence-corrected chi connectivity index (χ2v) is 13.9. The van der Waals surface area contributed by atoms with Crippen LogP contribution in [0.3, 0.4) is 0 Å². The van der Waals surface area contributed by atoms with Gasteiger partial charge in [0.25, 0.3) is 0 Å². The van der Waals surface area contributed by atoms with Crippen LogP contribution in [-0.2, 0) is 29.9 Å². The Morgan fingerprint density at radius 1 is 1.00 bits per heavy atom. The summed E-state index contributed by atoms with van der Waals surface area (Å²) in [7, 11) is -7.92. The molecule has 0 radical (unpaired) electrons. The molecule has 0 saturated carbocycles. The molecule has 10 heteroatoms. The fourth-order valence-electron chi connectivity index (χ4n) is 4.42. The van der Waals surface area contributed by atoms with Gasteiger partial charge in [-0.05, 0) is 60.6 Å². The van der Waals surface area contributed by atoms with Crippen molar-refractivity contribution in [3.63, 3.8) is 0 Å². The van der Waals surface area contributed by atoms with E-state index in [1.165, 1.54) is 36.4 Å². The van der Waals surface area contributed by atoms with Crippen LogP contribution in [0.1, 0.15) is 55.5 Å². The standard InChI is InChI=1S/C24H22Cl2O6S2/c1-24(2)12-13-33(29,30)23-17(24)11-10-16(21(23)26)22(28)20-18(27)4-3-5-19(20)34(31,32)15-8-6-14(25)7-9-15/h6-11H,3-5,12-13H2,1-2H3. The number of hydrogen-bond acceptors (Lipinski definition) is 6. The molecule has 1 aliphatic carbocycles. The molecule has 6 nitrogen and oxygen atoms in total. The monoisotopic (exact) mass is 540 g/mol. The molecule has 0 saturated heterocycles. The quantitative estimate of drug-likeness (QED) is 0.394. The van der Waals surface area contributed by atoms with Gasteiger partial charge in [-0.25, -0.2) is 16.8 Å². The number of benzene rings is 2. The minimum atomic E-state index is -4.17. The van der Waals surface area contributed by atoms with Crippen LogP contribution in [0.2, 0.25) is 10.0 Å². The first-order valence-corrected chi connectivity index (χ1v) is 14.5. The molecule has 0 aromatic heterocycles. The number of allylic oxidation sites excluding steroid dienone is 2. The number of halogens is 2. The average molecular weight is 541 g/mol. The summed E-state index contributed by atoms with van der Waals surface area (Å²) in [6, 6.07) is 8.36. The van der Waals surface area contributed by atoms with E-state index in [0.29, 0.717) is 17.0 Å². The normalized spacial score (nSPS) is 19.6. The van der Waals surface area contributed by atoms with Gasteiger partial charge in [0.15, 0.2) is 21.4 Å². The Kier molecular flexibility index (Phi) is 6.34. The van der Waals surface area contributed by atoms with E-state index in [-0.39, 0.29) is 50.3 Å². The molecular formula is C24H22Cl2O6S2. The van der Waals surface area contributed by atoms with E-state index in [1.54, 1.807) is 0 Å². The molecule has 0 unspecified atom stereocenters. The Labute approximate surface area is 208 Å². The molecule has 34 heavy (non-hydrogen) atoms. The Morgan fingerprint density at radius 3 is 2.29 bits per heavy atom. The number of ketones is 2. The minimum absolute atomic E-state index is 0.00562. The van der Waals surface area contributed by atoms with E-state index in [4.69, 9.17) is 23.2 Å². The summed E-state index contributed by atoms with van der Waals surface area (Å²) in [6.45, 7) is 3.78. The van der Waals surface area contributed by atoms with Crippen molar-refractivity contribution in [1.82, 2.24) is 0 Å². The summed E-state index contributed by atoms with van der Waals surface area (Å²) in [5, 5.41) is 0.0679. The molecule has 0 N–H and O–H groups in total. The molecule has 180 valence electrons. The van der Waals surface area contributed by atoms with E-state index in [2.05, 4.69) is 0 Å². The molecule has 2 aromatic carbocycles. The van der Waals surface area contributed by atoms with Crippen LogP contribution >= 0.6 is 23.2 Å². The number of hydrogen-bond donors (Lipinski definition) is 0. The van der Waals surface area contributed by atoms with Gasteiger partial charge in [-0.3, -0.25) is 9.59 Å². The fourth-order valence-corrected chi connectivity index (χ4v) is 8.86. The van der Waals surface area contributed by atoms with E-state index in [1.807, 2.05) is 13.8 Å². The van der Waals surface area contributed by atoms with E-state index in [0.717, 1.165) is 0 Å². The van der Waals surface area contributed by atoms with Crippen molar-refractivity contribution < 1.29 is 26.4 Å². The lowest BCUT2D eigenvalue weighted by atomic mass is 9.81. The highest BCUT2D eigenvalue weighted by Gasteiger charge is 2.40. The van der Waals surface area contributed by atoms with Gasteiger partial charge in [0.1, 0.15) is 0 Å². The summed E-state index contributed by atoms with van der Waals surface area (Å²) >= 11 is 12.4. The number of rotatable bonds is 4. The van der Waals surface area contributed by atoms with Crippen molar-refractivity contribution in [3.05, 3.63) is 68.0 Å². The highest BCUT2D eigenvalue weighted by Crippen LogP contribution is 2.44. The molecule has 0 spiro atoms. The molecular weight excluding hydrogens is 519 g/mol. The number of fused-ring (bicyclic) bond motifs is 1. The van der Waals surface area contributed by atoms with Crippen LogP contribution in [0.5, 0.6) is 0 Å². The maximum Gasteiger partial charge on any atom is 0.203 e. The predicted molar refractivity (Wildman–Crippen MR) is 130 cm³/mol. The van der Waals surface area contributed by atoms with Crippen LogP contribution in [-0.4, -0.2) is 34.2 Å². The largest absolute Gasteiger partial charge is 0.294 e. The Balaban J connectivity index is 1.93. The zero-order valence-corrected chi connectivity index (χ0v) is 21.7. The Hall–Kier alpha value is -2.00. The van der Waals surface area contributed by atoms with Gasteiger partial charge in [-0.15, -0.1) is 0 Å². The summed E-state index contributed by atoms with van der Waals surface area (Å²) in [6.07, 6.45) is 0.692. The summed E-state index contributed by atoms with van der Waals surface area (Å²) in [5.41, 5.74) is -0.640. The van der Waals surface area contributed by atoms with Gasteiger partial charge in [-0.1, -0.05) is 43.1 Å². The SMILES string of the molecule is CC1(C)CCS(=O)(=O)c2c1ccc(C(=O)C1=C(S(=O)(=O)c3ccc(Cl)cc3)CCCC1=O)c2Cl. The smallest absolute Gasteiger partial charge is 0.203 e. The molecule has 1 heterocycles. The lowest BCUT2D eigenvalue weighted by Gasteiger charge is -2.33. The first kappa shape index (κ1) is 25.1. The zero-order chi connectivity index (χ0) is 25.1. The van der Waals surface area contributed by atoms with E-state index < -0.39 is 42.2 Å². The van der Waals surface area contributed by atoms with Crippen LogP contribution in [0.25, 0.3) is 0 Å². The van der Waals surface area contributed by atoms with Gasteiger partial charge in [0.2, 0.25) is 9.84 Å². The van der Waals surface area contributed by atoms with Gasteiger partial charge in [-0.2, -0.15) is 0 Å². The van der Waals surface area contributed by atoms with E-state index in [9.17, 15) is 26.4 Å². The summed E-state index contributed by atoms with van der Waals surface area (Å²) < 4.78 is 52.4. The molecule has 2 aromatic rings. The van der Waals surface area contributed by atoms with Gasteiger partial charge >= 0.3 is 0 Å². The van der Waals surface area contributed by atoms with Crippen molar-refractivity contribution >= 4 is 54.4 Å². The molecule has 1 aliphatic heterocycles. The highest BCUT2D eigenvalue weighted by atomic mass is 35.5. The first-order chi connectivity index (χ1) is 15.8. The van der Waals surface area contributed by atoms with Crippen molar-refractivity contribution in [2.75, 3.05) is 5.75 Å². The topological polar surface area (TPSA) is 102 Å². The third-order valence-corrected chi connectivity index (χ3v) is 10.9. The number of Topliss-reactive ketones (excluding diaryl/α,β-unsaturated/α-hetero) is 2. The van der Waals surface area contributed by atoms with Crippen molar-refractivity contribution in [2.45, 2.75) is 54.7 Å². The first-order valence-electron chi connectivity index (χ1n) is 10.6. The number of carbonyl (C=O) groups excluding carboxylic acids is 2. The number of sulfone groups is 2. The van der Waals surface area contributed by atoms with Crippen molar-refractivity contribution in [3.8, 4) is 0 Å². The third kappa shape index (κ3) is 4.15. The summed E-state index contributed by atoms with van der Waals surface area (Å²) in [5.74, 6) is -1.62. The second kappa shape index (κ2) is 8.59. The van der Waals surface area contributed by atoms with Crippen molar-refractivity contribution in [2.24, 2.45) is 0 Å². The zero-order valence-electron chi connectivity index (χ0n) is 18.5. The highest BCUT2D eigenvalue weighted by molar-refractivity contribution is 7.95. The fraction of sp³-hybridized carbons (Fsp3) is 0.333. The maximum atomic E-state index is 13.6. The Morgan fingerprint density at radius 2 is 1.65 bits per heavy atom. The summed E-state index contributed by atoms with van der Waals surface area (Å²) in [4.78, 5) is 25.9. The minimum Gasteiger partial charge on any atom is -0.294 e. The van der Waals surface area contributed by atoms with E-state index >= 15 is 0 Å². The molecule has 4 rings (SSSR count). The molecule has 0 atom stereocenters. The average Bonchev–Trinajstić information content (AvgIpc) is 2.76. The van der Waals surface area contributed by atoms with Crippen LogP contribution in [0.4, 0.5) is 0 Å². The lowest BCUT2D eigenvalue weighted by Crippen LogP contribution is -2.31. The lowest BCUT2D eigenvalue weighted by molar-refractivity contribution is -0.115. The third-order valence-electron chi connectivity index (χ3n) is 6.42. The molecule has 0 fully saturated rings. The van der Waals surface area contributed by atoms with Gasteiger partial charge in [0, 0.05) is 17.0 Å². The maximum absolute atomic E-state index is 13.6. The Bertz CT molecular complexity index is 1470. The van der Waals surface area contributed by atoms with Gasteiger partial charge in [0.05, 0.1) is 31.0 Å². The molecule has 0 bridgehead atoms. The molecule has 2 aliphatic rings. The van der Waals surface area contributed by atoms with Crippen LogP contribution in [0, 0.1) is 0 Å². The number of carbonyl (C=O) groups is 2. The second-order valence-electron chi connectivity index (χ2n) is 9.12.